The summed E-state index contributed by atoms with van der Waals surface area (Å²) in [5, 5.41) is 3.10. The molecule has 1 aromatic heterocycles. The van der Waals surface area contributed by atoms with Gasteiger partial charge in [0, 0.05) is 11.9 Å². The number of pyridine rings is 1. The number of aryl methyl sites for hydroxylation is 1. The summed E-state index contributed by atoms with van der Waals surface area (Å²) in [5.41, 5.74) is 2.45. The summed E-state index contributed by atoms with van der Waals surface area (Å²) in [7, 11) is 0. The molecule has 0 radical (unpaired) electrons. The number of aromatic nitrogens is 1. The Balaban J connectivity index is 1.82. The van der Waals surface area contributed by atoms with Crippen molar-refractivity contribution in [3.8, 4) is 11.5 Å². The molecule has 5 nitrogen and oxygen atoms in total. The van der Waals surface area contributed by atoms with Crippen LogP contribution >= 0.6 is 0 Å². The second-order valence-corrected chi connectivity index (χ2v) is 6.29. The average molecular weight is 326 g/mol. The van der Waals surface area contributed by atoms with E-state index in [1.165, 1.54) is 0 Å². The van der Waals surface area contributed by atoms with Gasteiger partial charge in [-0.3, -0.25) is 9.78 Å². The fourth-order valence-electron chi connectivity index (χ4n) is 2.71. The number of carbonyl (C=O) groups excluding carboxylic acids is 1. The molecule has 1 aliphatic rings. The Bertz CT molecular complexity index is 726. The van der Waals surface area contributed by atoms with Crippen LogP contribution in [0.1, 0.15) is 41.5 Å². The van der Waals surface area contributed by atoms with Gasteiger partial charge in [-0.05, 0) is 42.7 Å². The second-order valence-electron chi connectivity index (χ2n) is 6.29. The van der Waals surface area contributed by atoms with E-state index in [1.54, 1.807) is 12.3 Å². The molecule has 3 rings (SSSR count). The molecule has 2 aromatic rings. The van der Waals surface area contributed by atoms with Crippen LogP contribution in [0.3, 0.4) is 0 Å². The number of ether oxygens (including phenoxy) is 2. The molecule has 24 heavy (non-hydrogen) atoms. The molecule has 0 saturated heterocycles. The van der Waals surface area contributed by atoms with E-state index in [2.05, 4.69) is 24.1 Å². The normalized spacial score (nSPS) is 14.3. The summed E-state index contributed by atoms with van der Waals surface area (Å²) >= 11 is 0. The summed E-state index contributed by atoms with van der Waals surface area (Å²) in [6, 6.07) is 9.34. The van der Waals surface area contributed by atoms with E-state index in [-0.39, 0.29) is 17.9 Å². The highest BCUT2D eigenvalue weighted by atomic mass is 16.6. The van der Waals surface area contributed by atoms with Crippen molar-refractivity contribution in [3.63, 3.8) is 0 Å². The van der Waals surface area contributed by atoms with E-state index in [9.17, 15) is 4.79 Å². The summed E-state index contributed by atoms with van der Waals surface area (Å²) in [5.74, 6) is 1.59. The first-order valence-electron chi connectivity index (χ1n) is 8.17. The van der Waals surface area contributed by atoms with Gasteiger partial charge < -0.3 is 14.8 Å². The number of nitrogens with zero attached hydrogens (tertiary/aromatic N) is 1. The van der Waals surface area contributed by atoms with Gasteiger partial charge in [0.1, 0.15) is 13.2 Å². The highest BCUT2D eigenvalue weighted by Gasteiger charge is 2.22. The smallest absolute Gasteiger partial charge is 0.253 e. The van der Waals surface area contributed by atoms with Gasteiger partial charge in [-0.25, -0.2) is 0 Å². The maximum atomic E-state index is 12.5. The lowest BCUT2D eigenvalue weighted by atomic mass is 9.95. The predicted octanol–water partition coefficient (Wildman–Crippen LogP) is 3.29. The number of rotatable bonds is 4. The molecule has 0 fully saturated rings. The summed E-state index contributed by atoms with van der Waals surface area (Å²) in [6.45, 7) is 7.17. The molecule has 0 aliphatic carbocycles. The third-order valence-corrected chi connectivity index (χ3v) is 4.05. The maximum Gasteiger partial charge on any atom is 0.253 e. The molecule has 0 spiro atoms. The summed E-state index contributed by atoms with van der Waals surface area (Å²) in [6.07, 6.45) is 1.60. The fourth-order valence-corrected chi connectivity index (χ4v) is 2.71. The first kappa shape index (κ1) is 16.3. The summed E-state index contributed by atoms with van der Waals surface area (Å²) < 4.78 is 11.2. The van der Waals surface area contributed by atoms with Gasteiger partial charge in [0.2, 0.25) is 0 Å². The minimum atomic E-state index is -0.129. The van der Waals surface area contributed by atoms with E-state index in [0.717, 1.165) is 22.8 Å². The molecular weight excluding hydrogens is 304 g/mol. The van der Waals surface area contributed by atoms with E-state index < -0.39 is 0 Å². The number of amides is 1. The van der Waals surface area contributed by atoms with Gasteiger partial charge in [-0.15, -0.1) is 0 Å². The van der Waals surface area contributed by atoms with E-state index in [4.69, 9.17) is 9.47 Å². The minimum Gasteiger partial charge on any atom is -0.486 e. The highest BCUT2D eigenvalue weighted by molar-refractivity contribution is 5.94. The van der Waals surface area contributed by atoms with Gasteiger partial charge in [-0.2, -0.15) is 0 Å². The van der Waals surface area contributed by atoms with Gasteiger partial charge in [0.05, 0.1) is 11.6 Å². The number of hydrogen-bond acceptors (Lipinski definition) is 4. The Morgan fingerprint density at radius 1 is 1.12 bits per heavy atom. The van der Waals surface area contributed by atoms with Crippen molar-refractivity contribution >= 4 is 5.91 Å². The number of carbonyl (C=O) groups is 1. The molecule has 1 aliphatic heterocycles. The molecule has 126 valence electrons. The van der Waals surface area contributed by atoms with E-state index in [1.807, 2.05) is 31.2 Å². The molecule has 0 saturated carbocycles. The number of nitrogens with one attached hydrogen (secondary N) is 1. The Morgan fingerprint density at radius 3 is 2.54 bits per heavy atom. The Morgan fingerprint density at radius 2 is 1.88 bits per heavy atom. The lowest BCUT2D eigenvalue weighted by molar-refractivity contribution is 0.0925. The van der Waals surface area contributed by atoms with Crippen LogP contribution in [-0.2, 0) is 0 Å². The van der Waals surface area contributed by atoms with Gasteiger partial charge in [0.25, 0.3) is 5.91 Å². The number of benzene rings is 1. The van der Waals surface area contributed by atoms with Gasteiger partial charge in [0.15, 0.2) is 11.5 Å². The zero-order valence-corrected chi connectivity index (χ0v) is 14.2. The Labute approximate surface area is 142 Å². The van der Waals surface area contributed by atoms with Crippen LogP contribution in [0.5, 0.6) is 11.5 Å². The van der Waals surface area contributed by atoms with Gasteiger partial charge >= 0.3 is 0 Å². The molecule has 1 unspecified atom stereocenters. The molecule has 5 heteroatoms. The summed E-state index contributed by atoms with van der Waals surface area (Å²) in [4.78, 5) is 16.7. The average Bonchev–Trinajstić information content (AvgIpc) is 2.59. The van der Waals surface area contributed by atoms with Crippen LogP contribution in [0.25, 0.3) is 0 Å². The quantitative estimate of drug-likeness (QED) is 0.936. The Hall–Kier alpha value is -2.56. The monoisotopic (exact) mass is 326 g/mol. The van der Waals surface area contributed by atoms with E-state index >= 15 is 0 Å². The molecule has 1 amide bonds. The lowest BCUT2D eigenvalue weighted by Gasteiger charge is -2.25. The first-order valence-corrected chi connectivity index (χ1v) is 8.17. The van der Waals surface area contributed by atoms with Crippen molar-refractivity contribution in [2.45, 2.75) is 26.8 Å². The van der Waals surface area contributed by atoms with Crippen LogP contribution < -0.4 is 14.8 Å². The standard InChI is InChI=1S/C19H22N2O3/c1-12(2)18(21-19(22)15-5-4-13(3)20-11-15)14-6-7-16-17(10-14)24-9-8-23-16/h4-7,10-12,18H,8-9H2,1-3H3,(H,21,22). The Kier molecular flexibility index (Phi) is 4.69. The number of fused-ring (bicyclic) bond motifs is 1. The van der Waals surface area contributed by atoms with E-state index in [0.29, 0.717) is 18.8 Å². The highest BCUT2D eigenvalue weighted by Crippen LogP contribution is 2.34. The molecular formula is C19H22N2O3. The SMILES string of the molecule is Cc1ccc(C(=O)NC(c2ccc3c(c2)OCCO3)C(C)C)cn1. The zero-order chi connectivity index (χ0) is 17.1. The van der Waals surface area contributed by atoms with Crippen molar-refractivity contribution < 1.29 is 14.3 Å². The molecule has 2 heterocycles. The molecule has 0 bridgehead atoms. The van der Waals surface area contributed by atoms with Crippen molar-refractivity contribution in [2.75, 3.05) is 13.2 Å². The van der Waals surface area contributed by atoms with Crippen LogP contribution in [0.2, 0.25) is 0 Å². The van der Waals surface area contributed by atoms with Gasteiger partial charge in [-0.1, -0.05) is 19.9 Å². The molecule has 1 N–H and O–H groups in total. The van der Waals surface area contributed by atoms with Crippen molar-refractivity contribution in [3.05, 3.63) is 53.3 Å². The van der Waals surface area contributed by atoms with Crippen LogP contribution in [0.4, 0.5) is 0 Å². The second kappa shape index (κ2) is 6.91. The fraction of sp³-hybridized carbons (Fsp3) is 0.368. The van der Waals surface area contributed by atoms with Crippen molar-refractivity contribution in [1.82, 2.24) is 10.3 Å². The lowest BCUT2D eigenvalue weighted by Crippen LogP contribution is -2.32. The van der Waals surface area contributed by atoms with Crippen molar-refractivity contribution in [1.29, 1.82) is 0 Å². The van der Waals surface area contributed by atoms with Crippen molar-refractivity contribution in [2.24, 2.45) is 5.92 Å². The first-order chi connectivity index (χ1) is 11.5. The van der Waals surface area contributed by atoms with Crippen LogP contribution in [0, 0.1) is 12.8 Å². The predicted molar refractivity (Wildman–Crippen MR) is 91.5 cm³/mol. The van der Waals surface area contributed by atoms with Crippen LogP contribution in [-0.4, -0.2) is 24.1 Å². The maximum absolute atomic E-state index is 12.5. The topological polar surface area (TPSA) is 60.5 Å². The third kappa shape index (κ3) is 3.50. The largest absolute Gasteiger partial charge is 0.486 e. The third-order valence-electron chi connectivity index (χ3n) is 4.05. The minimum absolute atomic E-state index is 0.116. The zero-order valence-electron chi connectivity index (χ0n) is 14.2. The molecule has 1 aromatic carbocycles. The number of hydrogen-bond donors (Lipinski definition) is 1. The van der Waals surface area contributed by atoms with Crippen LogP contribution in [0.15, 0.2) is 36.5 Å². The molecule has 1 atom stereocenters.